The Morgan fingerprint density at radius 2 is 2.47 bits per heavy atom. The molecule has 15 heavy (non-hydrogen) atoms. The van der Waals surface area contributed by atoms with Gasteiger partial charge in [-0.1, -0.05) is 13.3 Å². The molecule has 1 amide bonds. The molecule has 1 aromatic heterocycles. The standard InChI is InChI=1S/C10H17N3OS/c1-3-8(5-11)4-9(14)13-10-12-7(2)6-15-10/h6,8H,3-5,11H2,1-2H3,(H,12,13,14). The third-order valence-corrected chi connectivity index (χ3v) is 3.13. The Labute approximate surface area is 93.9 Å². The van der Waals surface area contributed by atoms with Gasteiger partial charge in [0.05, 0.1) is 5.69 Å². The van der Waals surface area contributed by atoms with Crippen molar-refractivity contribution in [3.8, 4) is 0 Å². The molecule has 0 radical (unpaired) electrons. The number of nitrogens with one attached hydrogen (secondary N) is 1. The lowest BCUT2D eigenvalue weighted by atomic mass is 10.0. The quantitative estimate of drug-likeness (QED) is 0.805. The molecule has 1 aromatic rings. The predicted molar refractivity (Wildman–Crippen MR) is 62.9 cm³/mol. The topological polar surface area (TPSA) is 68.0 Å². The number of hydrogen-bond acceptors (Lipinski definition) is 4. The SMILES string of the molecule is CCC(CN)CC(=O)Nc1nc(C)cs1. The van der Waals surface area contributed by atoms with Crippen LogP contribution < -0.4 is 11.1 Å². The lowest BCUT2D eigenvalue weighted by Gasteiger charge is -2.10. The molecule has 0 aromatic carbocycles. The molecule has 1 rings (SSSR count). The second-order valence-electron chi connectivity index (χ2n) is 3.56. The summed E-state index contributed by atoms with van der Waals surface area (Å²) in [5, 5.41) is 5.36. The first-order chi connectivity index (χ1) is 7.15. The molecule has 0 aliphatic heterocycles. The summed E-state index contributed by atoms with van der Waals surface area (Å²) >= 11 is 1.45. The van der Waals surface area contributed by atoms with Crippen LogP contribution in [0.25, 0.3) is 0 Å². The van der Waals surface area contributed by atoms with E-state index in [4.69, 9.17) is 5.73 Å². The normalized spacial score (nSPS) is 12.5. The highest BCUT2D eigenvalue weighted by atomic mass is 32.1. The molecule has 0 aliphatic rings. The highest BCUT2D eigenvalue weighted by molar-refractivity contribution is 7.13. The molecule has 0 bridgehead atoms. The number of carbonyl (C=O) groups excluding carboxylic acids is 1. The molecule has 0 saturated heterocycles. The van der Waals surface area contributed by atoms with Crippen molar-refractivity contribution in [3.63, 3.8) is 0 Å². The lowest BCUT2D eigenvalue weighted by molar-refractivity contribution is -0.117. The number of aryl methyl sites for hydroxylation is 1. The first-order valence-corrected chi connectivity index (χ1v) is 5.95. The molecule has 1 unspecified atom stereocenters. The van der Waals surface area contributed by atoms with Crippen LogP contribution in [0.1, 0.15) is 25.5 Å². The van der Waals surface area contributed by atoms with Crippen LogP contribution in [0.15, 0.2) is 5.38 Å². The minimum absolute atomic E-state index is 0.00153. The number of nitrogens with two attached hydrogens (primary N) is 1. The third-order valence-electron chi connectivity index (χ3n) is 2.25. The summed E-state index contributed by atoms with van der Waals surface area (Å²) in [6.07, 6.45) is 1.41. The number of thiazole rings is 1. The molecule has 4 nitrogen and oxygen atoms in total. The summed E-state index contributed by atoms with van der Waals surface area (Å²) in [7, 11) is 0. The maximum absolute atomic E-state index is 11.5. The zero-order valence-corrected chi connectivity index (χ0v) is 9.93. The molecule has 5 heteroatoms. The van der Waals surface area contributed by atoms with Crippen molar-refractivity contribution >= 4 is 22.4 Å². The zero-order chi connectivity index (χ0) is 11.3. The monoisotopic (exact) mass is 227 g/mol. The average Bonchev–Trinajstić information content (AvgIpc) is 2.60. The molecular weight excluding hydrogens is 210 g/mol. The fraction of sp³-hybridized carbons (Fsp3) is 0.600. The van der Waals surface area contributed by atoms with Crippen LogP contribution in [0, 0.1) is 12.8 Å². The summed E-state index contributed by atoms with van der Waals surface area (Å²) < 4.78 is 0. The largest absolute Gasteiger partial charge is 0.330 e. The van der Waals surface area contributed by atoms with E-state index in [9.17, 15) is 4.79 Å². The van der Waals surface area contributed by atoms with Crippen molar-refractivity contribution in [2.45, 2.75) is 26.7 Å². The molecule has 84 valence electrons. The Kier molecular flexibility index (Phi) is 4.71. The number of aromatic nitrogens is 1. The van der Waals surface area contributed by atoms with E-state index < -0.39 is 0 Å². The number of carbonyl (C=O) groups is 1. The molecular formula is C10H17N3OS. The van der Waals surface area contributed by atoms with Gasteiger partial charge in [-0.25, -0.2) is 4.98 Å². The zero-order valence-electron chi connectivity index (χ0n) is 9.12. The van der Waals surface area contributed by atoms with E-state index in [-0.39, 0.29) is 11.8 Å². The van der Waals surface area contributed by atoms with E-state index in [1.165, 1.54) is 11.3 Å². The second-order valence-corrected chi connectivity index (χ2v) is 4.41. The van der Waals surface area contributed by atoms with Crippen LogP contribution in [0.4, 0.5) is 5.13 Å². The van der Waals surface area contributed by atoms with Gasteiger partial charge in [-0.15, -0.1) is 11.3 Å². The van der Waals surface area contributed by atoms with Gasteiger partial charge in [0.2, 0.25) is 5.91 Å². The van der Waals surface area contributed by atoms with Crippen LogP contribution in [-0.4, -0.2) is 17.4 Å². The maximum Gasteiger partial charge on any atom is 0.226 e. The summed E-state index contributed by atoms with van der Waals surface area (Å²) in [6.45, 7) is 4.50. The smallest absolute Gasteiger partial charge is 0.226 e. The van der Waals surface area contributed by atoms with Crippen molar-refractivity contribution in [2.75, 3.05) is 11.9 Å². The highest BCUT2D eigenvalue weighted by Crippen LogP contribution is 2.15. The fourth-order valence-corrected chi connectivity index (χ4v) is 1.94. The first kappa shape index (κ1) is 12.1. The number of amides is 1. The Morgan fingerprint density at radius 3 is 2.93 bits per heavy atom. The number of nitrogens with zero attached hydrogens (tertiary/aromatic N) is 1. The summed E-state index contributed by atoms with van der Waals surface area (Å²) in [5.74, 6) is 0.271. The molecule has 1 atom stereocenters. The van der Waals surface area contributed by atoms with Gasteiger partial charge in [0.15, 0.2) is 5.13 Å². The number of rotatable bonds is 5. The highest BCUT2D eigenvalue weighted by Gasteiger charge is 2.11. The molecule has 0 aliphatic carbocycles. The van der Waals surface area contributed by atoms with Crippen LogP contribution in [0.2, 0.25) is 0 Å². The lowest BCUT2D eigenvalue weighted by Crippen LogP contribution is -2.21. The van der Waals surface area contributed by atoms with E-state index in [0.717, 1.165) is 12.1 Å². The first-order valence-electron chi connectivity index (χ1n) is 5.07. The van der Waals surface area contributed by atoms with Crippen molar-refractivity contribution in [2.24, 2.45) is 11.7 Å². The van der Waals surface area contributed by atoms with Crippen molar-refractivity contribution in [1.82, 2.24) is 4.98 Å². The molecule has 0 fully saturated rings. The van der Waals surface area contributed by atoms with Gasteiger partial charge in [-0.2, -0.15) is 0 Å². The maximum atomic E-state index is 11.5. The Bertz CT molecular complexity index is 320. The van der Waals surface area contributed by atoms with Crippen LogP contribution in [0.3, 0.4) is 0 Å². The van der Waals surface area contributed by atoms with Gasteiger partial charge in [-0.3, -0.25) is 4.79 Å². The molecule has 0 spiro atoms. The molecule has 1 heterocycles. The minimum atomic E-state index is 0.00153. The van der Waals surface area contributed by atoms with E-state index in [0.29, 0.717) is 18.1 Å². The van der Waals surface area contributed by atoms with E-state index in [1.807, 2.05) is 19.2 Å². The molecule has 3 N–H and O–H groups in total. The summed E-state index contributed by atoms with van der Waals surface area (Å²) in [6, 6.07) is 0. The van der Waals surface area contributed by atoms with Gasteiger partial charge in [0, 0.05) is 11.8 Å². The Hall–Kier alpha value is -0.940. The molecule has 0 saturated carbocycles. The van der Waals surface area contributed by atoms with Crippen molar-refractivity contribution in [3.05, 3.63) is 11.1 Å². The van der Waals surface area contributed by atoms with Gasteiger partial charge < -0.3 is 11.1 Å². The van der Waals surface area contributed by atoms with E-state index in [2.05, 4.69) is 10.3 Å². The second kappa shape index (κ2) is 5.82. The fourth-order valence-electron chi connectivity index (χ4n) is 1.24. The average molecular weight is 227 g/mol. The number of hydrogen-bond donors (Lipinski definition) is 2. The Morgan fingerprint density at radius 1 is 1.73 bits per heavy atom. The summed E-state index contributed by atoms with van der Waals surface area (Å²) in [4.78, 5) is 15.7. The van der Waals surface area contributed by atoms with E-state index in [1.54, 1.807) is 0 Å². The summed E-state index contributed by atoms with van der Waals surface area (Å²) in [5.41, 5.74) is 6.47. The van der Waals surface area contributed by atoms with Gasteiger partial charge in [0.1, 0.15) is 0 Å². The van der Waals surface area contributed by atoms with Gasteiger partial charge >= 0.3 is 0 Å². The minimum Gasteiger partial charge on any atom is -0.330 e. The van der Waals surface area contributed by atoms with Crippen LogP contribution >= 0.6 is 11.3 Å². The number of anilines is 1. The van der Waals surface area contributed by atoms with E-state index >= 15 is 0 Å². The third kappa shape index (κ3) is 3.97. The Balaban J connectivity index is 2.42. The van der Waals surface area contributed by atoms with Gasteiger partial charge in [-0.05, 0) is 19.4 Å². The van der Waals surface area contributed by atoms with Crippen LogP contribution in [0.5, 0.6) is 0 Å². The van der Waals surface area contributed by atoms with Crippen molar-refractivity contribution in [1.29, 1.82) is 0 Å². The van der Waals surface area contributed by atoms with Crippen LogP contribution in [-0.2, 0) is 4.79 Å². The van der Waals surface area contributed by atoms with Gasteiger partial charge in [0.25, 0.3) is 0 Å². The predicted octanol–water partition coefficient (Wildman–Crippen LogP) is 1.77. The van der Waals surface area contributed by atoms with Crippen molar-refractivity contribution < 1.29 is 4.79 Å².